The molecular weight excluding hydrogens is 314 g/mol. The van der Waals surface area contributed by atoms with E-state index in [2.05, 4.69) is 11.4 Å². The van der Waals surface area contributed by atoms with E-state index >= 15 is 0 Å². The smallest absolute Gasteiger partial charge is 0.256 e. The van der Waals surface area contributed by atoms with Gasteiger partial charge in [-0.25, -0.2) is 0 Å². The number of nitriles is 1. The lowest BCUT2D eigenvalue weighted by Gasteiger charge is -2.30. The van der Waals surface area contributed by atoms with Crippen LogP contribution in [0.4, 0.5) is 5.69 Å². The second-order valence-electron chi connectivity index (χ2n) is 6.26. The molecule has 0 aromatic heterocycles. The lowest BCUT2D eigenvalue weighted by atomic mass is 10.1. The molecule has 5 nitrogen and oxygen atoms in total. The number of aliphatic hydroxyl groups excluding tert-OH is 1. The zero-order valence-electron chi connectivity index (χ0n) is 14.0. The minimum Gasteiger partial charge on any atom is -0.391 e. The van der Waals surface area contributed by atoms with E-state index in [0.29, 0.717) is 30.8 Å². The molecule has 1 fully saturated rings. The number of benzene rings is 2. The zero-order chi connectivity index (χ0) is 17.6. The number of piperidine rings is 1. The van der Waals surface area contributed by atoms with Crippen molar-refractivity contribution in [1.82, 2.24) is 4.90 Å². The molecule has 1 atom stereocenters. The van der Waals surface area contributed by atoms with Crippen LogP contribution in [0, 0.1) is 11.3 Å². The van der Waals surface area contributed by atoms with Crippen molar-refractivity contribution in [3.8, 4) is 6.07 Å². The first-order chi connectivity index (χ1) is 12.2. The molecule has 1 saturated heterocycles. The molecule has 2 aromatic rings. The number of para-hydroxylation sites is 1. The van der Waals surface area contributed by atoms with Crippen molar-refractivity contribution in [2.75, 3.05) is 18.4 Å². The summed E-state index contributed by atoms with van der Waals surface area (Å²) < 4.78 is 0. The first-order valence-electron chi connectivity index (χ1n) is 8.46. The summed E-state index contributed by atoms with van der Waals surface area (Å²) in [5.74, 6) is -0.0540. The largest absolute Gasteiger partial charge is 0.391 e. The van der Waals surface area contributed by atoms with E-state index in [4.69, 9.17) is 5.26 Å². The van der Waals surface area contributed by atoms with Crippen LogP contribution in [0.1, 0.15) is 34.3 Å². The van der Waals surface area contributed by atoms with Gasteiger partial charge >= 0.3 is 0 Å². The number of rotatable bonds is 4. The Morgan fingerprint density at radius 2 is 2.00 bits per heavy atom. The number of β-amino-alcohol motifs (C(OH)–C–C–N with tert-alkyl or cyclic N) is 1. The topological polar surface area (TPSA) is 76.4 Å². The van der Waals surface area contributed by atoms with Gasteiger partial charge in [-0.3, -0.25) is 4.79 Å². The molecule has 128 valence electrons. The number of anilines is 1. The van der Waals surface area contributed by atoms with Crippen molar-refractivity contribution in [2.24, 2.45) is 0 Å². The summed E-state index contributed by atoms with van der Waals surface area (Å²) in [5.41, 5.74) is 3.06. The molecule has 25 heavy (non-hydrogen) atoms. The first-order valence-corrected chi connectivity index (χ1v) is 8.46. The van der Waals surface area contributed by atoms with E-state index < -0.39 is 6.10 Å². The Balaban J connectivity index is 1.71. The second kappa shape index (κ2) is 7.82. The van der Waals surface area contributed by atoms with E-state index in [9.17, 15) is 9.90 Å². The minimum atomic E-state index is -0.434. The fraction of sp³-hybridized carbons (Fsp3) is 0.300. The van der Waals surface area contributed by atoms with E-state index in [0.717, 1.165) is 24.1 Å². The van der Waals surface area contributed by atoms with Gasteiger partial charge in [-0.2, -0.15) is 5.26 Å². The molecule has 5 heteroatoms. The van der Waals surface area contributed by atoms with Gasteiger partial charge in [-0.1, -0.05) is 24.3 Å². The van der Waals surface area contributed by atoms with Gasteiger partial charge in [0.05, 0.1) is 23.3 Å². The van der Waals surface area contributed by atoms with Gasteiger partial charge in [0.1, 0.15) is 0 Å². The predicted molar refractivity (Wildman–Crippen MR) is 96.1 cm³/mol. The van der Waals surface area contributed by atoms with Gasteiger partial charge < -0.3 is 15.3 Å². The number of amides is 1. The number of aliphatic hydroxyl groups is 1. The molecule has 1 heterocycles. The summed E-state index contributed by atoms with van der Waals surface area (Å²) in [6.07, 6.45) is 1.15. The zero-order valence-corrected chi connectivity index (χ0v) is 14.0. The highest BCUT2D eigenvalue weighted by Crippen LogP contribution is 2.21. The molecule has 2 aromatic carbocycles. The van der Waals surface area contributed by atoms with E-state index in [1.165, 1.54) is 0 Å². The Morgan fingerprint density at radius 1 is 1.24 bits per heavy atom. The standard InChI is InChI=1S/C20H21N3O2/c21-12-15-7-9-16(10-8-15)13-22-19-6-2-1-5-18(19)20(25)23-11-3-4-17(24)14-23/h1-2,5-10,17,22,24H,3-4,11,13-14H2. The maximum absolute atomic E-state index is 12.8. The van der Waals surface area contributed by atoms with E-state index in [1.54, 1.807) is 17.0 Å². The number of likely N-dealkylation sites (tertiary alicyclic amines) is 1. The van der Waals surface area contributed by atoms with Gasteiger partial charge in [0.15, 0.2) is 0 Å². The molecule has 2 N–H and O–H groups in total. The van der Waals surface area contributed by atoms with Crippen molar-refractivity contribution < 1.29 is 9.90 Å². The van der Waals surface area contributed by atoms with Gasteiger partial charge in [0, 0.05) is 25.3 Å². The van der Waals surface area contributed by atoms with Gasteiger partial charge in [0.25, 0.3) is 5.91 Å². The number of hydrogen-bond donors (Lipinski definition) is 2. The van der Waals surface area contributed by atoms with Crippen LogP contribution < -0.4 is 5.32 Å². The lowest BCUT2D eigenvalue weighted by molar-refractivity contribution is 0.0474. The fourth-order valence-corrected chi connectivity index (χ4v) is 3.03. The summed E-state index contributed by atoms with van der Waals surface area (Å²) in [5, 5.41) is 22.0. The van der Waals surface area contributed by atoms with Crippen molar-refractivity contribution in [3.05, 3.63) is 65.2 Å². The van der Waals surface area contributed by atoms with Crippen LogP contribution in [0.25, 0.3) is 0 Å². The Kier molecular flexibility index (Phi) is 5.32. The van der Waals surface area contributed by atoms with Gasteiger partial charge in [0.2, 0.25) is 0 Å². The van der Waals surface area contributed by atoms with Crippen LogP contribution in [0.15, 0.2) is 48.5 Å². The maximum Gasteiger partial charge on any atom is 0.256 e. The number of nitrogens with zero attached hydrogens (tertiary/aromatic N) is 2. The molecular formula is C20H21N3O2. The highest BCUT2D eigenvalue weighted by Gasteiger charge is 2.24. The molecule has 0 radical (unpaired) electrons. The molecule has 0 saturated carbocycles. The molecule has 1 aliphatic rings. The molecule has 1 amide bonds. The van der Waals surface area contributed by atoms with Crippen molar-refractivity contribution >= 4 is 11.6 Å². The minimum absolute atomic E-state index is 0.0540. The Morgan fingerprint density at radius 3 is 2.72 bits per heavy atom. The summed E-state index contributed by atoms with van der Waals surface area (Å²) in [6, 6.07) is 16.9. The molecule has 0 spiro atoms. The third-order valence-corrected chi connectivity index (χ3v) is 4.41. The SMILES string of the molecule is N#Cc1ccc(CNc2ccccc2C(=O)N2CCCC(O)C2)cc1. The highest BCUT2D eigenvalue weighted by molar-refractivity contribution is 5.99. The van der Waals surface area contributed by atoms with Crippen LogP contribution in [-0.4, -0.2) is 35.1 Å². The molecule has 0 aliphatic carbocycles. The molecule has 3 rings (SSSR count). The Labute approximate surface area is 147 Å². The van der Waals surface area contributed by atoms with Crippen molar-refractivity contribution in [3.63, 3.8) is 0 Å². The third kappa shape index (κ3) is 4.17. The average Bonchev–Trinajstić information content (AvgIpc) is 2.66. The Hall–Kier alpha value is -2.84. The molecule has 1 aliphatic heterocycles. The summed E-state index contributed by atoms with van der Waals surface area (Å²) in [7, 11) is 0. The van der Waals surface area contributed by atoms with Crippen molar-refractivity contribution in [1.29, 1.82) is 5.26 Å². The molecule has 0 bridgehead atoms. The summed E-state index contributed by atoms with van der Waals surface area (Å²) in [6.45, 7) is 1.64. The van der Waals surface area contributed by atoms with E-state index in [1.807, 2.05) is 36.4 Å². The molecule has 1 unspecified atom stereocenters. The lowest BCUT2D eigenvalue weighted by Crippen LogP contribution is -2.42. The van der Waals surface area contributed by atoms with Crippen molar-refractivity contribution in [2.45, 2.75) is 25.5 Å². The first kappa shape index (κ1) is 17.0. The van der Waals surface area contributed by atoms with Gasteiger partial charge in [-0.05, 0) is 42.7 Å². The monoisotopic (exact) mass is 335 g/mol. The number of hydrogen-bond acceptors (Lipinski definition) is 4. The summed E-state index contributed by atoms with van der Waals surface area (Å²) >= 11 is 0. The third-order valence-electron chi connectivity index (χ3n) is 4.41. The average molecular weight is 335 g/mol. The highest BCUT2D eigenvalue weighted by atomic mass is 16.3. The Bertz CT molecular complexity index is 780. The number of carbonyl (C=O) groups excluding carboxylic acids is 1. The second-order valence-corrected chi connectivity index (χ2v) is 6.26. The van der Waals surface area contributed by atoms with E-state index in [-0.39, 0.29) is 5.91 Å². The predicted octanol–water partition coefficient (Wildman–Crippen LogP) is 2.77. The normalized spacial score (nSPS) is 17.0. The fourth-order valence-electron chi connectivity index (χ4n) is 3.03. The maximum atomic E-state index is 12.8. The van der Waals surface area contributed by atoms with Gasteiger partial charge in [-0.15, -0.1) is 0 Å². The quantitative estimate of drug-likeness (QED) is 0.901. The number of nitrogens with one attached hydrogen (secondary N) is 1. The summed E-state index contributed by atoms with van der Waals surface area (Å²) in [4.78, 5) is 14.5. The van der Waals surface area contributed by atoms with Crippen LogP contribution in [0.5, 0.6) is 0 Å². The van der Waals surface area contributed by atoms with Crippen LogP contribution in [0.3, 0.4) is 0 Å². The van der Waals surface area contributed by atoms with Crippen LogP contribution in [-0.2, 0) is 6.54 Å². The number of carbonyl (C=O) groups is 1. The van der Waals surface area contributed by atoms with Crippen LogP contribution >= 0.6 is 0 Å². The van der Waals surface area contributed by atoms with Crippen LogP contribution in [0.2, 0.25) is 0 Å².